The lowest BCUT2D eigenvalue weighted by Gasteiger charge is -2.28. The van der Waals surface area contributed by atoms with Crippen LogP contribution in [0.2, 0.25) is 0 Å². The second-order valence-corrected chi connectivity index (χ2v) is 6.84. The summed E-state index contributed by atoms with van der Waals surface area (Å²) in [5.74, 6) is 1.76. The van der Waals surface area contributed by atoms with Crippen LogP contribution in [0, 0.1) is 0 Å². The summed E-state index contributed by atoms with van der Waals surface area (Å²) in [6.07, 6.45) is 2.81. The third-order valence-electron chi connectivity index (χ3n) is 4.97. The number of methoxy groups -OCH3 is 2. The molecule has 1 N–H and O–H groups in total. The molecule has 0 saturated carbocycles. The van der Waals surface area contributed by atoms with E-state index in [4.69, 9.17) is 14.5 Å². The molecule has 0 bridgehead atoms. The van der Waals surface area contributed by atoms with Gasteiger partial charge in [0.2, 0.25) is 5.75 Å². The maximum Gasteiger partial charge on any atom is 0.203 e. The molecule has 1 aromatic heterocycles. The predicted molar refractivity (Wildman–Crippen MR) is 106 cm³/mol. The number of aromatic nitrogens is 2. The summed E-state index contributed by atoms with van der Waals surface area (Å²) in [5, 5.41) is 10.2. The molecule has 1 aliphatic rings. The SMILES string of the molecule is COc1cc(CN2CCc3nc(-c4ccccc4)ncc3C2)cc(O)c1OC. The van der Waals surface area contributed by atoms with Crippen molar-refractivity contribution < 1.29 is 14.6 Å². The van der Waals surface area contributed by atoms with E-state index in [-0.39, 0.29) is 5.75 Å². The summed E-state index contributed by atoms with van der Waals surface area (Å²) in [5.41, 5.74) is 4.27. The van der Waals surface area contributed by atoms with E-state index in [0.29, 0.717) is 18.0 Å². The largest absolute Gasteiger partial charge is 0.504 e. The van der Waals surface area contributed by atoms with Gasteiger partial charge in [0.25, 0.3) is 0 Å². The molecule has 0 atom stereocenters. The van der Waals surface area contributed by atoms with Gasteiger partial charge in [0.1, 0.15) is 0 Å². The third-order valence-corrected chi connectivity index (χ3v) is 4.97. The number of phenols is 1. The number of benzene rings is 2. The zero-order chi connectivity index (χ0) is 19.5. The zero-order valence-electron chi connectivity index (χ0n) is 16.1. The van der Waals surface area contributed by atoms with Gasteiger partial charge in [-0.1, -0.05) is 30.3 Å². The molecule has 1 aliphatic heterocycles. The number of rotatable bonds is 5. The summed E-state index contributed by atoms with van der Waals surface area (Å²) in [6, 6.07) is 13.7. The molecule has 3 aromatic rings. The Hall–Kier alpha value is -3.12. The molecular formula is C22H23N3O3. The third kappa shape index (κ3) is 3.64. The maximum absolute atomic E-state index is 10.2. The van der Waals surface area contributed by atoms with E-state index < -0.39 is 0 Å². The highest BCUT2D eigenvalue weighted by Crippen LogP contribution is 2.38. The Morgan fingerprint density at radius 1 is 1.11 bits per heavy atom. The summed E-state index contributed by atoms with van der Waals surface area (Å²) in [4.78, 5) is 11.6. The van der Waals surface area contributed by atoms with E-state index in [0.717, 1.165) is 47.7 Å². The predicted octanol–water partition coefficient (Wildman–Crippen LogP) is 3.42. The van der Waals surface area contributed by atoms with Gasteiger partial charge in [-0.2, -0.15) is 0 Å². The Labute approximate surface area is 164 Å². The average molecular weight is 377 g/mol. The van der Waals surface area contributed by atoms with Crippen LogP contribution in [-0.4, -0.2) is 40.7 Å². The molecule has 0 amide bonds. The van der Waals surface area contributed by atoms with Gasteiger partial charge in [-0.3, -0.25) is 4.90 Å². The van der Waals surface area contributed by atoms with Crippen molar-refractivity contribution in [2.45, 2.75) is 19.5 Å². The Bertz CT molecular complexity index is 976. The first kappa shape index (κ1) is 18.3. The first-order valence-corrected chi connectivity index (χ1v) is 9.24. The molecule has 0 fully saturated rings. The molecule has 2 aromatic carbocycles. The summed E-state index contributed by atoms with van der Waals surface area (Å²) in [6.45, 7) is 2.38. The van der Waals surface area contributed by atoms with Crippen molar-refractivity contribution in [3.8, 4) is 28.6 Å². The van der Waals surface area contributed by atoms with Gasteiger partial charge in [-0.05, 0) is 17.7 Å². The lowest BCUT2D eigenvalue weighted by atomic mass is 10.1. The first-order chi connectivity index (χ1) is 13.7. The van der Waals surface area contributed by atoms with E-state index in [1.54, 1.807) is 13.2 Å². The van der Waals surface area contributed by atoms with Crippen molar-refractivity contribution in [1.82, 2.24) is 14.9 Å². The van der Waals surface area contributed by atoms with Crippen LogP contribution in [0.15, 0.2) is 48.7 Å². The van der Waals surface area contributed by atoms with Gasteiger partial charge in [-0.15, -0.1) is 0 Å². The van der Waals surface area contributed by atoms with E-state index in [1.807, 2.05) is 42.6 Å². The molecule has 0 spiro atoms. The van der Waals surface area contributed by atoms with Crippen LogP contribution in [0.5, 0.6) is 17.2 Å². The van der Waals surface area contributed by atoms with E-state index >= 15 is 0 Å². The highest BCUT2D eigenvalue weighted by molar-refractivity contribution is 5.55. The van der Waals surface area contributed by atoms with Gasteiger partial charge in [0.15, 0.2) is 17.3 Å². The molecule has 0 saturated heterocycles. The number of hydrogen-bond acceptors (Lipinski definition) is 6. The highest BCUT2D eigenvalue weighted by atomic mass is 16.5. The fraction of sp³-hybridized carbons (Fsp3) is 0.273. The molecule has 4 rings (SSSR count). The lowest BCUT2D eigenvalue weighted by molar-refractivity contribution is 0.242. The van der Waals surface area contributed by atoms with Crippen molar-refractivity contribution in [2.75, 3.05) is 20.8 Å². The van der Waals surface area contributed by atoms with E-state index in [1.165, 1.54) is 7.11 Å². The number of aromatic hydroxyl groups is 1. The van der Waals surface area contributed by atoms with Crippen LogP contribution >= 0.6 is 0 Å². The maximum atomic E-state index is 10.2. The zero-order valence-corrected chi connectivity index (χ0v) is 16.1. The van der Waals surface area contributed by atoms with Crippen LogP contribution < -0.4 is 9.47 Å². The van der Waals surface area contributed by atoms with Gasteiger partial charge in [0, 0.05) is 43.4 Å². The van der Waals surface area contributed by atoms with Crippen LogP contribution in [0.3, 0.4) is 0 Å². The standard InChI is InChI=1S/C22H23N3O3/c1-27-20-11-15(10-19(26)21(20)28-2)13-25-9-8-18-17(14-25)12-23-22(24-18)16-6-4-3-5-7-16/h3-7,10-12,26H,8-9,13-14H2,1-2H3. The van der Waals surface area contributed by atoms with Crippen LogP contribution in [-0.2, 0) is 19.5 Å². The summed E-state index contributed by atoms with van der Waals surface area (Å²) in [7, 11) is 3.09. The Morgan fingerprint density at radius 2 is 1.93 bits per heavy atom. The van der Waals surface area contributed by atoms with Gasteiger partial charge < -0.3 is 14.6 Å². The molecule has 28 heavy (non-hydrogen) atoms. The molecule has 6 heteroatoms. The molecule has 6 nitrogen and oxygen atoms in total. The number of nitrogens with zero attached hydrogens (tertiary/aromatic N) is 3. The molecule has 0 unspecified atom stereocenters. The van der Waals surface area contributed by atoms with E-state index in [9.17, 15) is 5.11 Å². The molecule has 2 heterocycles. The number of hydrogen-bond donors (Lipinski definition) is 1. The Kier molecular flexibility index (Phi) is 5.12. The molecule has 0 radical (unpaired) electrons. The summed E-state index contributed by atoms with van der Waals surface area (Å²) >= 11 is 0. The second-order valence-electron chi connectivity index (χ2n) is 6.84. The van der Waals surface area contributed by atoms with Crippen LogP contribution in [0.25, 0.3) is 11.4 Å². The van der Waals surface area contributed by atoms with Crippen molar-refractivity contribution >= 4 is 0 Å². The lowest BCUT2D eigenvalue weighted by Crippen LogP contribution is -2.31. The van der Waals surface area contributed by atoms with Crippen molar-refractivity contribution in [3.05, 3.63) is 65.5 Å². The number of phenolic OH excluding ortho intramolecular Hbond substituents is 1. The highest BCUT2D eigenvalue weighted by Gasteiger charge is 2.20. The van der Waals surface area contributed by atoms with Gasteiger partial charge in [-0.25, -0.2) is 9.97 Å². The topological polar surface area (TPSA) is 67.7 Å². The smallest absolute Gasteiger partial charge is 0.203 e. The summed E-state index contributed by atoms with van der Waals surface area (Å²) < 4.78 is 10.5. The fourth-order valence-electron chi connectivity index (χ4n) is 3.59. The molecular weight excluding hydrogens is 354 g/mol. The Balaban J connectivity index is 1.51. The number of ether oxygens (including phenoxy) is 2. The van der Waals surface area contributed by atoms with Crippen molar-refractivity contribution in [3.63, 3.8) is 0 Å². The Morgan fingerprint density at radius 3 is 2.68 bits per heavy atom. The van der Waals surface area contributed by atoms with Crippen LogP contribution in [0.4, 0.5) is 0 Å². The minimum absolute atomic E-state index is 0.0881. The van der Waals surface area contributed by atoms with E-state index in [2.05, 4.69) is 9.88 Å². The van der Waals surface area contributed by atoms with Crippen molar-refractivity contribution in [2.24, 2.45) is 0 Å². The molecule has 0 aliphatic carbocycles. The van der Waals surface area contributed by atoms with Crippen molar-refractivity contribution in [1.29, 1.82) is 0 Å². The molecule has 144 valence electrons. The minimum atomic E-state index is 0.0881. The van der Waals surface area contributed by atoms with Crippen LogP contribution in [0.1, 0.15) is 16.8 Å². The first-order valence-electron chi connectivity index (χ1n) is 9.24. The second kappa shape index (κ2) is 7.86. The average Bonchev–Trinajstić information content (AvgIpc) is 2.73. The minimum Gasteiger partial charge on any atom is -0.504 e. The van der Waals surface area contributed by atoms with Gasteiger partial charge in [0.05, 0.1) is 19.9 Å². The normalized spacial score (nSPS) is 13.8. The van der Waals surface area contributed by atoms with Gasteiger partial charge >= 0.3 is 0 Å². The number of fused-ring (bicyclic) bond motifs is 1. The quantitative estimate of drug-likeness (QED) is 0.735. The monoisotopic (exact) mass is 377 g/mol. The fourth-order valence-corrected chi connectivity index (χ4v) is 3.59.